The van der Waals surface area contributed by atoms with Crippen LogP contribution >= 0.6 is 0 Å². The third-order valence-corrected chi connectivity index (χ3v) is 9.67. The van der Waals surface area contributed by atoms with Crippen molar-refractivity contribution in [3.63, 3.8) is 0 Å². The third-order valence-electron chi connectivity index (χ3n) is 9.67. The van der Waals surface area contributed by atoms with Crippen LogP contribution in [0.1, 0.15) is 145 Å². The number of rotatable bonds is 18. The quantitative estimate of drug-likeness (QED) is 0.0808. The number of ether oxygens (including phenoxy) is 1. The molecule has 14 heteroatoms. The molecule has 0 aromatic rings. The summed E-state index contributed by atoms with van der Waals surface area (Å²) in [7, 11) is 0. The second-order valence-corrected chi connectivity index (χ2v) is 15.7. The Morgan fingerprint density at radius 3 is 1.60 bits per heavy atom. The first-order chi connectivity index (χ1) is 25.0. The summed E-state index contributed by atoms with van der Waals surface area (Å²) in [5, 5.41) is 33.5. The van der Waals surface area contributed by atoms with Gasteiger partial charge in [0, 0.05) is 0 Å². The van der Waals surface area contributed by atoms with Crippen LogP contribution in [-0.2, 0) is 33.5 Å². The van der Waals surface area contributed by atoms with Crippen LogP contribution in [0.4, 0.5) is 0 Å². The molecular weight excluding hydrogens is 682 g/mol. The molecule has 0 aromatic heterocycles. The largest absolute Gasteiger partial charge is 0.460 e. The molecule has 306 valence electrons. The van der Waals surface area contributed by atoms with Crippen molar-refractivity contribution in [2.75, 3.05) is 6.61 Å². The minimum atomic E-state index is -1.55. The fourth-order valence-electron chi connectivity index (χ4n) is 6.30. The van der Waals surface area contributed by atoms with Crippen LogP contribution in [0.25, 0.3) is 0 Å². The molecule has 1 rings (SSSR count). The smallest absolute Gasteiger partial charge is 0.329 e. The summed E-state index contributed by atoms with van der Waals surface area (Å²) < 4.78 is 6.00. The number of carbonyl (C=O) groups is 6. The second-order valence-electron chi connectivity index (χ2n) is 15.7. The molecule has 1 aliphatic heterocycles. The van der Waals surface area contributed by atoms with Crippen molar-refractivity contribution < 1.29 is 43.7 Å². The van der Waals surface area contributed by atoms with Gasteiger partial charge in [-0.05, 0) is 50.4 Å². The summed E-state index contributed by atoms with van der Waals surface area (Å²) in [6, 6.07) is -6.39. The van der Waals surface area contributed by atoms with E-state index in [4.69, 9.17) is 4.74 Å². The minimum Gasteiger partial charge on any atom is -0.460 e. The number of aliphatic hydroxyl groups excluding tert-OH is 2. The number of hydrogen-bond donors (Lipinski definition) is 7. The van der Waals surface area contributed by atoms with E-state index >= 15 is 0 Å². The lowest BCUT2D eigenvalue weighted by Crippen LogP contribution is -2.62. The number of carbonyl (C=O) groups excluding carboxylic acids is 6. The van der Waals surface area contributed by atoms with Gasteiger partial charge in [-0.25, -0.2) is 4.79 Å². The predicted molar refractivity (Wildman–Crippen MR) is 203 cm³/mol. The van der Waals surface area contributed by atoms with E-state index in [0.29, 0.717) is 19.3 Å². The standard InChI is InChI=1S/C39H71N5O9/c1-9-11-12-13-14-15-16-17-18-19-28-22-32(47)40-29(20-24(3)4)35(48)42-31(23-45)37(50)44-34(27(8)46)38(51)41-30(21-25(5)6)36(49)43-33(26(7)10-2)39(52)53-28/h24-31,33-34,45-46H,9-23H2,1-8H3,(H,40,47)(H,41,51)(H,42,48)(H,43,49)(H,44,50)/t26-,27+,28+,29+,30+,31-,33-,34-/m0/s1. The zero-order chi connectivity index (χ0) is 40.1. The van der Waals surface area contributed by atoms with Gasteiger partial charge in [-0.15, -0.1) is 0 Å². The average molecular weight is 754 g/mol. The Bertz CT molecular complexity index is 1150. The molecule has 0 saturated carbocycles. The van der Waals surface area contributed by atoms with E-state index in [0.717, 1.165) is 25.7 Å². The highest BCUT2D eigenvalue weighted by molar-refractivity contribution is 5.96. The molecule has 8 atom stereocenters. The summed E-state index contributed by atoms with van der Waals surface area (Å²) >= 11 is 0. The average Bonchev–Trinajstić information content (AvgIpc) is 3.08. The zero-order valence-electron chi connectivity index (χ0n) is 33.6. The van der Waals surface area contributed by atoms with Crippen LogP contribution in [0.2, 0.25) is 0 Å². The molecule has 1 heterocycles. The molecule has 0 aliphatic carbocycles. The molecular formula is C39H71N5O9. The summed E-state index contributed by atoms with van der Waals surface area (Å²) in [5.74, 6) is -4.92. The first-order valence-corrected chi connectivity index (χ1v) is 20.0. The minimum absolute atomic E-state index is 0.0494. The Morgan fingerprint density at radius 1 is 0.623 bits per heavy atom. The van der Waals surface area contributed by atoms with E-state index in [2.05, 4.69) is 33.5 Å². The van der Waals surface area contributed by atoms with E-state index in [1.54, 1.807) is 6.92 Å². The number of esters is 1. The molecule has 0 spiro atoms. The molecule has 5 amide bonds. The Hall–Kier alpha value is -3.26. The highest BCUT2D eigenvalue weighted by atomic mass is 16.5. The van der Waals surface area contributed by atoms with E-state index in [-0.39, 0.29) is 37.0 Å². The van der Waals surface area contributed by atoms with Gasteiger partial charge in [0.15, 0.2) is 0 Å². The highest BCUT2D eigenvalue weighted by Crippen LogP contribution is 2.19. The van der Waals surface area contributed by atoms with Crippen LogP contribution in [0.15, 0.2) is 0 Å². The molecule has 0 radical (unpaired) electrons. The topological polar surface area (TPSA) is 212 Å². The van der Waals surface area contributed by atoms with Crippen LogP contribution < -0.4 is 26.6 Å². The molecule has 7 N–H and O–H groups in total. The van der Waals surface area contributed by atoms with Gasteiger partial charge in [0.05, 0.1) is 19.1 Å². The van der Waals surface area contributed by atoms with E-state index in [9.17, 15) is 39.0 Å². The van der Waals surface area contributed by atoms with Crippen molar-refractivity contribution in [2.45, 2.75) is 188 Å². The Balaban J connectivity index is 3.52. The normalized spacial score (nSPS) is 25.6. The lowest BCUT2D eigenvalue weighted by molar-refractivity contribution is -0.156. The van der Waals surface area contributed by atoms with Crippen molar-refractivity contribution in [1.29, 1.82) is 0 Å². The number of cyclic esters (lactones) is 1. The van der Waals surface area contributed by atoms with Crippen LogP contribution in [0, 0.1) is 17.8 Å². The summed E-state index contributed by atoms with van der Waals surface area (Å²) in [6.45, 7) is 13.7. The van der Waals surface area contributed by atoms with E-state index in [1.165, 1.54) is 32.6 Å². The van der Waals surface area contributed by atoms with Crippen LogP contribution in [0.5, 0.6) is 0 Å². The lowest BCUT2D eigenvalue weighted by Gasteiger charge is -2.29. The Kier molecular flexibility index (Phi) is 23.2. The van der Waals surface area contributed by atoms with Gasteiger partial charge < -0.3 is 41.5 Å². The first-order valence-electron chi connectivity index (χ1n) is 20.0. The van der Waals surface area contributed by atoms with Crippen molar-refractivity contribution in [3.05, 3.63) is 0 Å². The van der Waals surface area contributed by atoms with Crippen molar-refractivity contribution >= 4 is 35.5 Å². The van der Waals surface area contributed by atoms with Crippen LogP contribution in [-0.4, -0.2) is 94.7 Å². The molecule has 14 nitrogen and oxygen atoms in total. The summed E-state index contributed by atoms with van der Waals surface area (Å²) in [5.41, 5.74) is 0. The zero-order valence-corrected chi connectivity index (χ0v) is 33.6. The van der Waals surface area contributed by atoms with Gasteiger partial charge in [0.2, 0.25) is 29.5 Å². The Morgan fingerprint density at radius 2 is 1.09 bits per heavy atom. The van der Waals surface area contributed by atoms with Crippen molar-refractivity contribution in [3.8, 4) is 0 Å². The lowest BCUT2D eigenvalue weighted by atomic mass is 9.97. The number of unbranched alkanes of at least 4 members (excludes halogenated alkanes) is 8. The number of amides is 5. The first kappa shape index (κ1) is 47.8. The van der Waals surface area contributed by atoms with Gasteiger partial charge in [-0.1, -0.05) is 106 Å². The maximum atomic E-state index is 13.9. The van der Waals surface area contributed by atoms with Crippen molar-refractivity contribution in [2.24, 2.45) is 17.8 Å². The number of nitrogens with one attached hydrogen (secondary N) is 5. The predicted octanol–water partition coefficient (Wildman–Crippen LogP) is 3.16. The Labute approximate surface area is 317 Å². The van der Waals surface area contributed by atoms with Crippen LogP contribution in [0.3, 0.4) is 0 Å². The third kappa shape index (κ3) is 18.6. The number of aliphatic hydroxyl groups is 2. The molecule has 0 unspecified atom stereocenters. The maximum absolute atomic E-state index is 13.9. The monoisotopic (exact) mass is 754 g/mol. The molecule has 53 heavy (non-hydrogen) atoms. The number of hydrogen-bond acceptors (Lipinski definition) is 9. The molecule has 1 aliphatic rings. The second kappa shape index (κ2) is 25.7. The van der Waals surface area contributed by atoms with Gasteiger partial charge in [0.1, 0.15) is 36.3 Å². The molecule has 1 saturated heterocycles. The van der Waals surface area contributed by atoms with E-state index in [1.807, 2.05) is 34.6 Å². The van der Waals surface area contributed by atoms with Crippen molar-refractivity contribution in [1.82, 2.24) is 26.6 Å². The van der Waals surface area contributed by atoms with E-state index < -0.39 is 84.5 Å². The fraction of sp³-hybridized carbons (Fsp3) is 0.846. The van der Waals surface area contributed by atoms with Gasteiger partial charge in [-0.3, -0.25) is 24.0 Å². The molecule has 0 bridgehead atoms. The maximum Gasteiger partial charge on any atom is 0.329 e. The summed E-state index contributed by atoms with van der Waals surface area (Å²) in [4.78, 5) is 81.4. The molecule has 1 fully saturated rings. The van der Waals surface area contributed by atoms with Gasteiger partial charge in [0.25, 0.3) is 0 Å². The molecule has 0 aromatic carbocycles. The SMILES string of the molecule is CCCCCCCCCCC[C@@H]1CC(=O)N[C@H](CC(C)C)C(=O)N[C@@H](CO)C(=O)N[C@@H]([C@@H](C)O)C(=O)N[C@H](CC(C)C)C(=O)N[C@@H]([C@@H](C)CC)C(=O)O1. The summed E-state index contributed by atoms with van der Waals surface area (Å²) in [6.07, 6.45) is 8.53. The highest BCUT2D eigenvalue weighted by Gasteiger charge is 2.37. The van der Waals surface area contributed by atoms with Gasteiger partial charge in [-0.2, -0.15) is 0 Å². The van der Waals surface area contributed by atoms with Gasteiger partial charge >= 0.3 is 5.97 Å². The fourth-order valence-corrected chi connectivity index (χ4v) is 6.30.